The molecule has 20 heavy (non-hydrogen) atoms. The predicted molar refractivity (Wildman–Crippen MR) is 92.6 cm³/mol. The molecule has 0 bridgehead atoms. The summed E-state index contributed by atoms with van der Waals surface area (Å²) in [5.74, 6) is -0.685. The number of aliphatic carboxylic acids is 1. The molecule has 0 aliphatic rings. The van der Waals surface area contributed by atoms with E-state index in [0.29, 0.717) is 0 Å². The lowest BCUT2D eigenvalue weighted by atomic mass is 8.97. The van der Waals surface area contributed by atoms with Gasteiger partial charge in [0.05, 0.1) is 5.41 Å². The van der Waals surface area contributed by atoms with Crippen molar-refractivity contribution in [3.05, 3.63) is 25.3 Å². The summed E-state index contributed by atoms with van der Waals surface area (Å²) in [4.78, 5) is 11.2. The number of allylic oxidation sites excluding steroid dienone is 2. The highest BCUT2D eigenvalue weighted by Crippen LogP contribution is 2.30. The fourth-order valence-electron chi connectivity index (χ4n) is 1.61. The van der Waals surface area contributed by atoms with Gasteiger partial charge in [-0.15, -0.1) is 13.2 Å². The van der Waals surface area contributed by atoms with Crippen molar-refractivity contribution in [2.24, 2.45) is 5.41 Å². The molecule has 0 aromatic rings. The summed E-state index contributed by atoms with van der Waals surface area (Å²) in [7, 11) is 15.8. The Morgan fingerprint density at radius 3 is 1.80 bits per heavy atom. The lowest BCUT2D eigenvalue weighted by molar-refractivity contribution is -0.148. The Bertz CT molecular complexity index is 268. The number of rotatable bonds is 10. The van der Waals surface area contributed by atoms with Crippen molar-refractivity contribution in [2.45, 2.75) is 45.4 Å². The highest BCUT2D eigenvalue weighted by molar-refractivity contribution is 7.60. The maximum Gasteiger partial charge on any atom is 0.309 e. The minimum absolute atomic E-state index is 0.463. The molecule has 0 fully saturated rings. The number of hydrogen-bond donors (Lipinski definition) is 1. The minimum Gasteiger partial charge on any atom is -0.481 e. The molecule has 101 valence electrons. The van der Waals surface area contributed by atoms with Gasteiger partial charge in [0, 0.05) is 36.7 Å². The first-order chi connectivity index (χ1) is 9.33. The van der Waals surface area contributed by atoms with E-state index in [1.54, 1.807) is 0 Å². The minimum atomic E-state index is -0.685. The van der Waals surface area contributed by atoms with Crippen LogP contribution in [0.5, 0.6) is 0 Å². The fraction of sp³-hybridized carbons (Fsp3) is 0.615. The zero-order valence-corrected chi connectivity index (χ0v) is 12.6. The second-order valence-electron chi connectivity index (χ2n) is 5.00. The van der Waals surface area contributed by atoms with E-state index in [0.717, 1.165) is 38.5 Å². The van der Waals surface area contributed by atoms with E-state index >= 15 is 0 Å². The summed E-state index contributed by atoms with van der Waals surface area (Å²) in [6.45, 7) is 9.11. The Balaban J connectivity index is 0. The predicted octanol–water partition coefficient (Wildman–Crippen LogP) is 1.89. The van der Waals surface area contributed by atoms with Gasteiger partial charge in [-0.2, -0.15) is 0 Å². The van der Waals surface area contributed by atoms with Gasteiger partial charge in [0.15, 0.2) is 0 Å². The number of unbranched alkanes of at least 4 members (excludes halogenated alkanes) is 2. The molecule has 0 rings (SSSR count). The fourth-order valence-corrected chi connectivity index (χ4v) is 1.61. The molecule has 0 aliphatic carbocycles. The Morgan fingerprint density at radius 2 is 1.60 bits per heavy atom. The average molecular weight is 264 g/mol. The van der Waals surface area contributed by atoms with Crippen molar-refractivity contribution < 1.29 is 9.90 Å². The zero-order chi connectivity index (χ0) is 16.0. The summed E-state index contributed by atoms with van der Waals surface area (Å²) in [6.07, 6.45) is 8.26. The maximum absolute atomic E-state index is 11.2. The molecular formula is C13H22B5O2. The smallest absolute Gasteiger partial charge is 0.309 e. The molecule has 0 saturated carbocycles. The number of carboxylic acids is 1. The molecule has 7 heteroatoms. The second-order valence-corrected chi connectivity index (χ2v) is 5.00. The van der Waals surface area contributed by atoms with Crippen molar-refractivity contribution in [2.75, 3.05) is 0 Å². The zero-order valence-electron chi connectivity index (χ0n) is 12.6. The summed E-state index contributed by atoms with van der Waals surface area (Å²) in [5, 5.41) is 9.18. The van der Waals surface area contributed by atoms with Gasteiger partial charge in [-0.05, 0) is 45.4 Å². The third-order valence-corrected chi connectivity index (χ3v) is 3.01. The summed E-state index contributed by atoms with van der Waals surface area (Å²) in [6, 6.07) is 0. The van der Waals surface area contributed by atoms with E-state index in [1.165, 1.54) is 7.06 Å². The topological polar surface area (TPSA) is 37.3 Å². The molecular weight excluding hydrogens is 242 g/mol. The first-order valence-electron chi connectivity index (χ1n) is 6.85. The van der Waals surface area contributed by atoms with Crippen molar-refractivity contribution in [3.8, 4) is 0 Å². The van der Waals surface area contributed by atoms with E-state index in [-0.39, 0.29) is 0 Å². The van der Waals surface area contributed by atoms with Crippen LogP contribution in [-0.4, -0.2) is 47.7 Å². The molecule has 0 aliphatic heterocycles. The van der Waals surface area contributed by atoms with E-state index in [9.17, 15) is 9.90 Å². The second kappa shape index (κ2) is 13.3. The van der Waals surface area contributed by atoms with E-state index in [1.807, 2.05) is 19.1 Å². The van der Waals surface area contributed by atoms with Gasteiger partial charge in [-0.25, -0.2) is 0 Å². The van der Waals surface area contributed by atoms with Crippen LogP contribution >= 0.6 is 0 Å². The molecule has 7 radical (unpaired) electrons. The highest BCUT2D eigenvalue weighted by Gasteiger charge is 2.31. The van der Waals surface area contributed by atoms with Crippen LogP contribution in [-0.2, 0) is 4.79 Å². The van der Waals surface area contributed by atoms with Crippen LogP contribution < -0.4 is 0 Å². The first kappa shape index (κ1) is 21.6. The van der Waals surface area contributed by atoms with Crippen LogP contribution in [0.25, 0.3) is 0 Å². The Morgan fingerprint density at radius 1 is 1.25 bits per heavy atom. The molecule has 2 nitrogen and oxygen atoms in total. The Hall–Kier alpha value is -0.725. The Kier molecular flexibility index (Phi) is 14.3. The highest BCUT2D eigenvalue weighted by atomic mass is 16.4. The van der Waals surface area contributed by atoms with Crippen LogP contribution in [0.2, 0.25) is 0 Å². The van der Waals surface area contributed by atoms with E-state index < -0.39 is 17.8 Å². The molecule has 1 N–H and O–H groups in total. The molecule has 0 heterocycles. The molecule has 0 aromatic carbocycles. The normalized spacial score (nSPS) is 9.85. The monoisotopic (exact) mass is 265 g/mol. The molecule has 0 aromatic heterocycles. The molecule has 0 unspecified atom stereocenters. The van der Waals surface area contributed by atoms with Gasteiger partial charge in [-0.3, -0.25) is 4.79 Å². The SMILES string of the molecule is C=CCCCC(C)(CCCC=C)C(=O)O.[B][B]B([B])[B]. The summed E-state index contributed by atoms with van der Waals surface area (Å²) >= 11 is 0. The van der Waals surface area contributed by atoms with E-state index in [2.05, 4.69) is 13.2 Å². The molecule has 0 amide bonds. The standard InChI is InChI=1S/C13H22O2.B5/c1-4-6-8-10-13(3,12(14)15)11-9-7-5-2;1-4-5(2)3/h4-5H,1-2,6-11H2,3H3,(H,14,15);. The maximum atomic E-state index is 11.2. The van der Waals surface area contributed by atoms with Gasteiger partial charge in [0.25, 0.3) is 0 Å². The van der Waals surface area contributed by atoms with Crippen LogP contribution in [0.4, 0.5) is 0 Å². The lowest BCUT2D eigenvalue weighted by Crippen LogP contribution is -2.27. The largest absolute Gasteiger partial charge is 0.481 e. The molecule has 0 spiro atoms. The number of hydrogen-bond acceptors (Lipinski definition) is 1. The van der Waals surface area contributed by atoms with Gasteiger partial charge in [0.1, 0.15) is 0 Å². The van der Waals surface area contributed by atoms with Crippen LogP contribution in [0, 0.1) is 5.41 Å². The van der Waals surface area contributed by atoms with Crippen LogP contribution in [0.1, 0.15) is 45.4 Å². The van der Waals surface area contributed by atoms with Gasteiger partial charge in [-0.1, -0.05) is 12.2 Å². The number of carboxylic acid groups (broad SMARTS) is 1. The lowest BCUT2D eigenvalue weighted by Gasteiger charge is -2.24. The van der Waals surface area contributed by atoms with Crippen molar-refractivity contribution >= 4 is 42.6 Å². The van der Waals surface area contributed by atoms with Crippen molar-refractivity contribution in [3.63, 3.8) is 0 Å². The average Bonchev–Trinajstić information content (AvgIpc) is 2.40. The van der Waals surface area contributed by atoms with Gasteiger partial charge >= 0.3 is 5.97 Å². The molecule has 0 atom stereocenters. The number of carbonyl (C=O) groups is 1. The summed E-state index contributed by atoms with van der Waals surface area (Å²) < 4.78 is 0. The van der Waals surface area contributed by atoms with Crippen molar-refractivity contribution in [1.29, 1.82) is 0 Å². The first-order valence-corrected chi connectivity index (χ1v) is 6.85. The third kappa shape index (κ3) is 12.3. The third-order valence-electron chi connectivity index (χ3n) is 3.01. The van der Waals surface area contributed by atoms with Gasteiger partial charge < -0.3 is 5.11 Å². The van der Waals surface area contributed by atoms with Crippen LogP contribution in [0.3, 0.4) is 0 Å². The quantitative estimate of drug-likeness (QED) is 0.372. The van der Waals surface area contributed by atoms with E-state index in [4.69, 9.17) is 23.2 Å². The summed E-state index contributed by atoms with van der Waals surface area (Å²) in [5.41, 5.74) is -0.577. The van der Waals surface area contributed by atoms with Gasteiger partial charge in [0.2, 0.25) is 0 Å². The molecule has 0 saturated heterocycles. The van der Waals surface area contributed by atoms with Crippen LogP contribution in [0.15, 0.2) is 25.3 Å². The Labute approximate surface area is 129 Å². The van der Waals surface area contributed by atoms with Crippen molar-refractivity contribution in [1.82, 2.24) is 0 Å².